The average Bonchev–Trinajstić information content (AvgIpc) is 2.72. The number of aromatic nitrogens is 1. The lowest BCUT2D eigenvalue weighted by atomic mass is 10.3. The first-order valence-corrected chi connectivity index (χ1v) is 9.66. The number of rotatable bonds is 10. The van der Waals surface area contributed by atoms with Crippen molar-refractivity contribution in [3.8, 4) is 11.5 Å². The molecule has 0 aliphatic heterocycles. The summed E-state index contributed by atoms with van der Waals surface area (Å²) in [7, 11) is 1.70. The van der Waals surface area contributed by atoms with Gasteiger partial charge >= 0.3 is 6.03 Å². The molecule has 0 bridgehead atoms. The Balaban J connectivity index is 1.95. The predicted octanol–water partition coefficient (Wildman–Crippen LogP) is 4.12. The van der Waals surface area contributed by atoms with E-state index in [1.165, 1.54) is 24.4 Å². The van der Waals surface area contributed by atoms with E-state index in [1.807, 2.05) is 0 Å². The number of urea groups is 1. The molecule has 2 rings (SSSR count). The molecule has 1 aromatic heterocycles. The first kappa shape index (κ1) is 23.0. The van der Waals surface area contributed by atoms with Crippen LogP contribution in [0.2, 0.25) is 0 Å². The average molecular weight is 419 g/mol. The summed E-state index contributed by atoms with van der Waals surface area (Å²) in [5, 5.41) is 13.4. The number of nitro groups is 1. The third-order valence-electron chi connectivity index (χ3n) is 4.53. The van der Waals surface area contributed by atoms with Gasteiger partial charge in [0.1, 0.15) is 11.6 Å². The van der Waals surface area contributed by atoms with Gasteiger partial charge in [0.25, 0.3) is 5.69 Å². The van der Waals surface area contributed by atoms with Crippen LogP contribution in [0.3, 0.4) is 0 Å². The van der Waals surface area contributed by atoms with Crippen molar-refractivity contribution in [2.45, 2.75) is 20.3 Å². The van der Waals surface area contributed by atoms with Crippen LogP contribution in [0, 0.1) is 15.9 Å². The number of nitrogens with one attached hydrogen (secondary N) is 1. The lowest BCUT2D eigenvalue weighted by molar-refractivity contribution is -0.385. The zero-order valence-electron chi connectivity index (χ0n) is 17.3. The summed E-state index contributed by atoms with van der Waals surface area (Å²) in [6.07, 6.45) is 2.26. The molecule has 0 fully saturated rings. The van der Waals surface area contributed by atoms with Gasteiger partial charge in [-0.15, -0.1) is 0 Å². The monoisotopic (exact) mass is 419 g/mol. The van der Waals surface area contributed by atoms with E-state index in [9.17, 15) is 19.3 Å². The Labute approximate surface area is 174 Å². The van der Waals surface area contributed by atoms with Gasteiger partial charge in [0.05, 0.1) is 11.0 Å². The van der Waals surface area contributed by atoms with E-state index in [-0.39, 0.29) is 29.0 Å². The van der Waals surface area contributed by atoms with Crippen LogP contribution >= 0.6 is 0 Å². The maximum Gasteiger partial charge on any atom is 0.322 e. The van der Waals surface area contributed by atoms with Gasteiger partial charge in [0, 0.05) is 31.9 Å². The fourth-order valence-electron chi connectivity index (χ4n) is 2.73. The Morgan fingerprint density at radius 3 is 2.60 bits per heavy atom. The molecule has 0 spiro atoms. The van der Waals surface area contributed by atoms with Gasteiger partial charge in [-0.2, -0.15) is 0 Å². The summed E-state index contributed by atoms with van der Waals surface area (Å²) in [4.78, 5) is 30.3. The predicted molar refractivity (Wildman–Crippen MR) is 111 cm³/mol. The van der Waals surface area contributed by atoms with Crippen LogP contribution in [0.5, 0.6) is 11.5 Å². The Kier molecular flexibility index (Phi) is 8.48. The highest BCUT2D eigenvalue weighted by Crippen LogP contribution is 2.28. The van der Waals surface area contributed by atoms with Crippen molar-refractivity contribution >= 4 is 17.5 Å². The van der Waals surface area contributed by atoms with Crippen molar-refractivity contribution in [2.75, 3.05) is 38.5 Å². The number of amides is 2. The van der Waals surface area contributed by atoms with Crippen molar-refractivity contribution in [3.63, 3.8) is 0 Å². The van der Waals surface area contributed by atoms with Crippen LogP contribution in [0.15, 0.2) is 36.5 Å². The number of anilines is 1. The second-order valence-corrected chi connectivity index (χ2v) is 6.58. The van der Waals surface area contributed by atoms with E-state index in [0.29, 0.717) is 6.54 Å². The number of halogens is 1. The van der Waals surface area contributed by atoms with Gasteiger partial charge in [-0.05, 0) is 38.2 Å². The molecular formula is C20H26FN5O4. The Morgan fingerprint density at radius 1 is 1.23 bits per heavy atom. The molecule has 1 aromatic carbocycles. The smallest absolute Gasteiger partial charge is 0.322 e. The summed E-state index contributed by atoms with van der Waals surface area (Å²) >= 11 is 0. The Bertz CT molecular complexity index is 876. The van der Waals surface area contributed by atoms with E-state index in [4.69, 9.17) is 4.74 Å². The van der Waals surface area contributed by atoms with Gasteiger partial charge in [-0.3, -0.25) is 15.4 Å². The maximum absolute atomic E-state index is 14.0. The quantitative estimate of drug-likeness (QED) is 0.459. The molecule has 0 saturated carbocycles. The first-order chi connectivity index (χ1) is 14.3. The number of benzene rings is 1. The highest BCUT2D eigenvalue weighted by atomic mass is 19.1. The van der Waals surface area contributed by atoms with E-state index in [1.54, 1.807) is 11.9 Å². The molecule has 0 aliphatic carbocycles. The van der Waals surface area contributed by atoms with Crippen LogP contribution < -0.4 is 10.1 Å². The molecule has 10 heteroatoms. The lowest BCUT2D eigenvalue weighted by Crippen LogP contribution is -2.34. The van der Waals surface area contributed by atoms with Crippen LogP contribution in [0.1, 0.15) is 20.3 Å². The van der Waals surface area contributed by atoms with Crippen LogP contribution in [-0.2, 0) is 0 Å². The second kappa shape index (κ2) is 11.1. The maximum atomic E-state index is 14.0. The van der Waals surface area contributed by atoms with Gasteiger partial charge in [0.15, 0.2) is 11.6 Å². The molecule has 2 amide bonds. The van der Waals surface area contributed by atoms with E-state index < -0.39 is 10.7 Å². The molecule has 2 aromatic rings. The molecule has 162 valence electrons. The van der Waals surface area contributed by atoms with Crippen LogP contribution in [0.4, 0.5) is 20.7 Å². The van der Waals surface area contributed by atoms with E-state index in [0.717, 1.165) is 38.2 Å². The van der Waals surface area contributed by atoms with E-state index in [2.05, 4.69) is 29.0 Å². The summed E-state index contributed by atoms with van der Waals surface area (Å²) in [5.74, 6) is -0.551. The second-order valence-electron chi connectivity index (χ2n) is 6.58. The van der Waals surface area contributed by atoms with Gasteiger partial charge in [-0.1, -0.05) is 13.8 Å². The number of hydrogen-bond acceptors (Lipinski definition) is 6. The SMILES string of the molecule is CCN(CC)CCCN(C)C(=O)Nc1cc(Oc2ccc([N+](=O)[O-])cc2F)ccn1. The minimum absolute atomic E-state index is 0.169. The fourth-order valence-corrected chi connectivity index (χ4v) is 2.73. The van der Waals surface area contributed by atoms with Crippen molar-refractivity contribution in [3.05, 3.63) is 52.5 Å². The lowest BCUT2D eigenvalue weighted by Gasteiger charge is -2.21. The number of pyridine rings is 1. The molecule has 0 aliphatic rings. The van der Waals surface area contributed by atoms with Crippen LogP contribution in [-0.4, -0.2) is 59.0 Å². The molecule has 0 radical (unpaired) electrons. The number of nitro benzene ring substituents is 1. The number of non-ortho nitro benzene ring substituents is 1. The molecule has 9 nitrogen and oxygen atoms in total. The molecule has 1 N–H and O–H groups in total. The van der Waals surface area contributed by atoms with E-state index >= 15 is 0 Å². The van der Waals surface area contributed by atoms with Crippen molar-refractivity contribution < 1.29 is 18.8 Å². The largest absolute Gasteiger partial charge is 0.454 e. The van der Waals surface area contributed by atoms with Crippen molar-refractivity contribution in [1.29, 1.82) is 0 Å². The summed E-state index contributed by atoms with van der Waals surface area (Å²) < 4.78 is 19.4. The van der Waals surface area contributed by atoms with Crippen molar-refractivity contribution in [1.82, 2.24) is 14.8 Å². The summed E-state index contributed by atoms with van der Waals surface area (Å²) in [6, 6.07) is 5.73. The topological polar surface area (TPSA) is 101 Å². The highest BCUT2D eigenvalue weighted by molar-refractivity contribution is 5.88. The molecule has 0 unspecified atom stereocenters. The third kappa shape index (κ3) is 6.66. The highest BCUT2D eigenvalue weighted by Gasteiger charge is 2.14. The van der Waals surface area contributed by atoms with Crippen molar-refractivity contribution in [2.24, 2.45) is 0 Å². The minimum Gasteiger partial charge on any atom is -0.454 e. The summed E-state index contributed by atoms with van der Waals surface area (Å²) in [6.45, 7) is 7.64. The standard InChI is InChI=1S/C20H26FN5O4/c1-4-25(5-2)12-6-11-24(3)20(27)23-19-14-16(9-10-22-19)30-18-8-7-15(26(28)29)13-17(18)21/h7-10,13-14H,4-6,11-12H2,1-3H3,(H,22,23,27). The number of ether oxygens (including phenoxy) is 1. The van der Waals surface area contributed by atoms with Gasteiger partial charge in [0.2, 0.25) is 0 Å². The molecular weight excluding hydrogens is 393 g/mol. The first-order valence-electron chi connectivity index (χ1n) is 9.66. The zero-order valence-corrected chi connectivity index (χ0v) is 17.3. The molecule has 0 atom stereocenters. The summed E-state index contributed by atoms with van der Waals surface area (Å²) in [5.41, 5.74) is -0.369. The van der Waals surface area contributed by atoms with Gasteiger partial charge < -0.3 is 14.5 Å². The normalized spacial score (nSPS) is 10.7. The zero-order chi connectivity index (χ0) is 22.1. The fraction of sp³-hybridized carbons (Fsp3) is 0.400. The minimum atomic E-state index is -0.862. The molecule has 1 heterocycles. The Hall–Kier alpha value is -3.27. The third-order valence-corrected chi connectivity index (χ3v) is 4.53. The van der Waals surface area contributed by atoms with Gasteiger partial charge in [-0.25, -0.2) is 14.2 Å². The number of carbonyl (C=O) groups excluding carboxylic acids is 1. The number of hydrogen-bond donors (Lipinski definition) is 1. The van der Waals surface area contributed by atoms with Crippen LogP contribution in [0.25, 0.3) is 0 Å². The molecule has 30 heavy (non-hydrogen) atoms. The Morgan fingerprint density at radius 2 is 1.97 bits per heavy atom. The number of nitrogens with zero attached hydrogens (tertiary/aromatic N) is 4. The number of carbonyl (C=O) groups is 1. The molecule has 0 saturated heterocycles.